The van der Waals surface area contributed by atoms with E-state index in [2.05, 4.69) is 33.9 Å². The molecule has 0 spiro atoms. The summed E-state index contributed by atoms with van der Waals surface area (Å²) >= 11 is 0. The minimum absolute atomic E-state index is 0.0512. The highest BCUT2D eigenvalue weighted by atomic mass is 16.5. The zero-order chi connectivity index (χ0) is 18.9. The van der Waals surface area contributed by atoms with Crippen molar-refractivity contribution < 1.29 is 14.3 Å². The summed E-state index contributed by atoms with van der Waals surface area (Å²) in [5, 5.41) is 9.06. The van der Waals surface area contributed by atoms with Gasteiger partial charge >= 0.3 is 0 Å². The van der Waals surface area contributed by atoms with Crippen LogP contribution in [0.15, 0.2) is 17.1 Å². The van der Waals surface area contributed by atoms with Gasteiger partial charge in [0.05, 0.1) is 13.2 Å². The van der Waals surface area contributed by atoms with Gasteiger partial charge in [-0.25, -0.2) is 0 Å². The Morgan fingerprint density at radius 2 is 2.12 bits per heavy atom. The van der Waals surface area contributed by atoms with E-state index in [1.807, 2.05) is 19.9 Å². The van der Waals surface area contributed by atoms with Crippen LogP contribution in [-0.2, 0) is 17.8 Å². The predicted octanol–water partition coefficient (Wildman–Crippen LogP) is 1.60. The van der Waals surface area contributed by atoms with Gasteiger partial charge in [0.2, 0.25) is 5.91 Å². The van der Waals surface area contributed by atoms with Crippen molar-refractivity contribution in [1.82, 2.24) is 16.0 Å². The van der Waals surface area contributed by atoms with E-state index in [9.17, 15) is 4.79 Å². The average Bonchev–Trinajstić information content (AvgIpc) is 2.99. The van der Waals surface area contributed by atoms with Crippen LogP contribution in [-0.4, -0.2) is 44.7 Å². The summed E-state index contributed by atoms with van der Waals surface area (Å²) in [5.74, 6) is 2.28. The van der Waals surface area contributed by atoms with E-state index >= 15 is 0 Å². The van der Waals surface area contributed by atoms with Crippen LogP contribution in [0.1, 0.15) is 38.3 Å². The van der Waals surface area contributed by atoms with Gasteiger partial charge in [-0.3, -0.25) is 9.79 Å². The molecule has 1 heterocycles. The fourth-order valence-corrected chi connectivity index (χ4v) is 2.80. The van der Waals surface area contributed by atoms with Crippen LogP contribution in [0.4, 0.5) is 0 Å². The number of ether oxygens (including phenoxy) is 2. The molecule has 144 valence electrons. The van der Waals surface area contributed by atoms with E-state index in [1.54, 1.807) is 7.05 Å². The molecule has 1 aromatic carbocycles. The van der Waals surface area contributed by atoms with Gasteiger partial charge in [0.1, 0.15) is 17.6 Å². The van der Waals surface area contributed by atoms with Crippen LogP contribution in [0, 0.1) is 0 Å². The van der Waals surface area contributed by atoms with E-state index in [0.717, 1.165) is 29.9 Å². The fraction of sp³-hybridized carbons (Fsp3) is 0.579. The number of rotatable bonds is 8. The molecule has 2 rings (SSSR count). The van der Waals surface area contributed by atoms with Crippen molar-refractivity contribution in [2.45, 2.75) is 46.3 Å². The Hall–Kier alpha value is -2.44. The Morgan fingerprint density at radius 1 is 1.31 bits per heavy atom. The van der Waals surface area contributed by atoms with Crippen molar-refractivity contribution in [2.24, 2.45) is 4.99 Å². The lowest BCUT2D eigenvalue weighted by Gasteiger charge is -2.15. The molecule has 3 N–H and O–H groups in total. The van der Waals surface area contributed by atoms with Crippen LogP contribution in [0.5, 0.6) is 11.5 Å². The number of benzene rings is 1. The number of amides is 1. The number of hydrogen-bond donors (Lipinski definition) is 3. The molecule has 1 amide bonds. The van der Waals surface area contributed by atoms with E-state index in [4.69, 9.17) is 9.47 Å². The third-order valence-corrected chi connectivity index (χ3v) is 4.04. The number of aliphatic imine (C=N–C) groups is 1. The Balaban J connectivity index is 1.96. The van der Waals surface area contributed by atoms with E-state index < -0.39 is 0 Å². The van der Waals surface area contributed by atoms with Crippen molar-refractivity contribution in [2.75, 3.05) is 26.7 Å². The Labute approximate surface area is 155 Å². The molecular formula is C19H30N4O3. The van der Waals surface area contributed by atoms with Gasteiger partial charge in [0.25, 0.3) is 0 Å². The normalized spacial score (nSPS) is 15.8. The molecule has 0 saturated heterocycles. The molecule has 0 radical (unpaired) electrons. The third kappa shape index (κ3) is 5.54. The lowest BCUT2D eigenvalue weighted by molar-refractivity contribution is -0.120. The molecule has 0 aromatic heterocycles. The van der Waals surface area contributed by atoms with Crippen molar-refractivity contribution in [3.8, 4) is 11.5 Å². The quantitative estimate of drug-likeness (QED) is 0.483. The summed E-state index contributed by atoms with van der Waals surface area (Å²) in [5.41, 5.74) is 2.18. The van der Waals surface area contributed by atoms with Gasteiger partial charge in [-0.2, -0.15) is 0 Å². The van der Waals surface area contributed by atoms with Gasteiger partial charge < -0.3 is 25.4 Å². The molecule has 0 saturated carbocycles. The first-order chi connectivity index (χ1) is 12.6. The summed E-state index contributed by atoms with van der Waals surface area (Å²) in [6.45, 7) is 8.04. The smallest absolute Gasteiger partial charge is 0.239 e. The molecule has 26 heavy (non-hydrogen) atoms. The number of nitrogens with one attached hydrogen (secondary N) is 3. The van der Waals surface area contributed by atoms with Gasteiger partial charge in [0, 0.05) is 37.7 Å². The van der Waals surface area contributed by atoms with Crippen LogP contribution >= 0.6 is 0 Å². The highest BCUT2D eigenvalue weighted by molar-refractivity contribution is 5.86. The standard InChI is InChI=1S/C19H30N4O3/c1-5-7-21-18(24)12-23-19(20-4)22-11-15-10-17-14(8-13(3)26-17)9-16(15)25-6-2/h9-10,13H,5-8,11-12H2,1-4H3,(H,21,24)(H2,20,22,23). The third-order valence-electron chi connectivity index (χ3n) is 4.04. The molecule has 1 aliphatic rings. The molecule has 0 bridgehead atoms. The lowest BCUT2D eigenvalue weighted by Crippen LogP contribution is -2.43. The predicted molar refractivity (Wildman–Crippen MR) is 103 cm³/mol. The zero-order valence-corrected chi connectivity index (χ0v) is 16.1. The van der Waals surface area contributed by atoms with Crippen LogP contribution in [0.3, 0.4) is 0 Å². The first-order valence-electron chi connectivity index (χ1n) is 9.23. The van der Waals surface area contributed by atoms with Gasteiger partial charge in [0.15, 0.2) is 5.96 Å². The number of guanidine groups is 1. The second-order valence-corrected chi connectivity index (χ2v) is 6.26. The summed E-state index contributed by atoms with van der Waals surface area (Å²) in [7, 11) is 1.68. The maximum atomic E-state index is 11.7. The lowest BCUT2D eigenvalue weighted by atomic mass is 10.1. The van der Waals surface area contributed by atoms with Crippen molar-refractivity contribution in [3.05, 3.63) is 23.3 Å². The Morgan fingerprint density at radius 3 is 2.81 bits per heavy atom. The number of carbonyl (C=O) groups excluding carboxylic acids is 1. The van der Waals surface area contributed by atoms with Crippen LogP contribution < -0.4 is 25.4 Å². The maximum Gasteiger partial charge on any atom is 0.239 e. The van der Waals surface area contributed by atoms with Crippen LogP contribution in [0.2, 0.25) is 0 Å². The minimum atomic E-state index is -0.0512. The SMILES string of the molecule is CCCNC(=O)CNC(=NC)NCc1cc2c(cc1OCC)CC(C)O2. The topological polar surface area (TPSA) is 84.0 Å². The Kier molecular flexibility index (Phi) is 7.56. The Bertz CT molecular complexity index is 646. The van der Waals surface area contributed by atoms with Crippen molar-refractivity contribution in [1.29, 1.82) is 0 Å². The van der Waals surface area contributed by atoms with E-state index in [1.165, 1.54) is 5.56 Å². The molecule has 1 unspecified atom stereocenters. The molecule has 0 aliphatic carbocycles. The monoisotopic (exact) mass is 362 g/mol. The summed E-state index contributed by atoms with van der Waals surface area (Å²) < 4.78 is 11.6. The first kappa shape index (κ1) is 19.9. The minimum Gasteiger partial charge on any atom is -0.494 e. The maximum absolute atomic E-state index is 11.7. The fourth-order valence-electron chi connectivity index (χ4n) is 2.80. The van der Waals surface area contributed by atoms with Gasteiger partial charge in [-0.15, -0.1) is 0 Å². The average molecular weight is 362 g/mol. The van der Waals surface area contributed by atoms with Crippen molar-refractivity contribution >= 4 is 11.9 Å². The molecule has 0 fully saturated rings. The summed E-state index contributed by atoms with van der Waals surface area (Å²) in [6.07, 6.45) is 2.01. The molecular weight excluding hydrogens is 332 g/mol. The first-order valence-corrected chi connectivity index (χ1v) is 9.23. The van der Waals surface area contributed by atoms with Crippen molar-refractivity contribution in [3.63, 3.8) is 0 Å². The second-order valence-electron chi connectivity index (χ2n) is 6.26. The van der Waals surface area contributed by atoms with Gasteiger partial charge in [-0.05, 0) is 32.4 Å². The highest BCUT2D eigenvalue weighted by Crippen LogP contribution is 2.35. The number of fused-ring (bicyclic) bond motifs is 1. The largest absolute Gasteiger partial charge is 0.494 e. The highest BCUT2D eigenvalue weighted by Gasteiger charge is 2.21. The number of hydrogen-bond acceptors (Lipinski definition) is 4. The molecule has 7 heteroatoms. The second kappa shape index (κ2) is 9.89. The van der Waals surface area contributed by atoms with Crippen LogP contribution in [0.25, 0.3) is 0 Å². The van der Waals surface area contributed by atoms with E-state index in [0.29, 0.717) is 25.7 Å². The molecule has 7 nitrogen and oxygen atoms in total. The zero-order valence-electron chi connectivity index (χ0n) is 16.1. The molecule has 1 aromatic rings. The number of nitrogens with zero attached hydrogens (tertiary/aromatic N) is 1. The molecule has 1 aliphatic heterocycles. The van der Waals surface area contributed by atoms with Gasteiger partial charge in [-0.1, -0.05) is 6.92 Å². The summed E-state index contributed by atoms with van der Waals surface area (Å²) in [4.78, 5) is 15.9. The molecule has 1 atom stereocenters. The van der Waals surface area contributed by atoms with E-state index in [-0.39, 0.29) is 18.6 Å². The number of carbonyl (C=O) groups is 1. The summed E-state index contributed by atoms with van der Waals surface area (Å²) in [6, 6.07) is 4.09.